The summed E-state index contributed by atoms with van der Waals surface area (Å²) in [5, 5.41) is 5.81. The van der Waals surface area contributed by atoms with Crippen LogP contribution in [0.3, 0.4) is 0 Å². The molecule has 0 unspecified atom stereocenters. The molecule has 7 heteroatoms. The molecule has 170 valence electrons. The van der Waals surface area contributed by atoms with E-state index < -0.39 is 6.16 Å². The summed E-state index contributed by atoms with van der Waals surface area (Å²) >= 11 is 0. The fourth-order valence-electron chi connectivity index (χ4n) is 3.75. The molecule has 0 saturated heterocycles. The van der Waals surface area contributed by atoms with Crippen molar-refractivity contribution in [3.05, 3.63) is 59.7 Å². The van der Waals surface area contributed by atoms with Gasteiger partial charge in [-0.15, -0.1) is 0 Å². The van der Waals surface area contributed by atoms with Crippen molar-refractivity contribution in [1.29, 1.82) is 0 Å². The van der Waals surface area contributed by atoms with Crippen LogP contribution >= 0.6 is 0 Å². The number of hydrogen-bond acceptors (Lipinski definition) is 5. The summed E-state index contributed by atoms with van der Waals surface area (Å²) in [4.78, 5) is 35.9. The first kappa shape index (κ1) is 23.3. The van der Waals surface area contributed by atoms with E-state index in [9.17, 15) is 14.4 Å². The van der Waals surface area contributed by atoms with E-state index in [2.05, 4.69) is 10.6 Å². The number of amides is 2. The summed E-state index contributed by atoms with van der Waals surface area (Å²) in [6, 6.07) is 13.6. The third kappa shape index (κ3) is 7.41. The molecule has 0 heterocycles. The molecule has 2 aromatic carbocycles. The summed E-state index contributed by atoms with van der Waals surface area (Å²) in [6.07, 6.45) is 5.89. The predicted octanol–water partition coefficient (Wildman–Crippen LogP) is 5.06. The van der Waals surface area contributed by atoms with Gasteiger partial charge < -0.3 is 20.1 Å². The van der Waals surface area contributed by atoms with Crippen LogP contribution in [0.25, 0.3) is 0 Å². The second kappa shape index (κ2) is 11.9. The minimum atomic E-state index is -0.782. The first-order valence-electron chi connectivity index (χ1n) is 11.1. The van der Waals surface area contributed by atoms with E-state index in [-0.39, 0.29) is 18.4 Å². The topological polar surface area (TPSA) is 93.7 Å². The maximum atomic E-state index is 12.4. The summed E-state index contributed by atoms with van der Waals surface area (Å²) < 4.78 is 9.69. The highest BCUT2D eigenvalue weighted by Crippen LogP contribution is 2.26. The lowest BCUT2D eigenvalue weighted by molar-refractivity contribution is -0.122. The van der Waals surface area contributed by atoms with Gasteiger partial charge in [-0.1, -0.05) is 31.4 Å². The summed E-state index contributed by atoms with van der Waals surface area (Å²) in [6.45, 7) is 2.39. The number of rotatable bonds is 8. The molecular weight excluding hydrogens is 408 g/mol. The molecule has 2 aromatic rings. The van der Waals surface area contributed by atoms with E-state index in [0.29, 0.717) is 35.9 Å². The van der Waals surface area contributed by atoms with Crippen molar-refractivity contribution in [2.45, 2.75) is 52.0 Å². The predicted molar refractivity (Wildman–Crippen MR) is 122 cm³/mol. The zero-order chi connectivity index (χ0) is 22.8. The highest BCUT2D eigenvalue weighted by Gasteiger charge is 2.16. The van der Waals surface area contributed by atoms with Crippen molar-refractivity contribution in [3.63, 3.8) is 0 Å². The van der Waals surface area contributed by atoms with E-state index in [1.54, 1.807) is 31.2 Å². The second-order valence-electron chi connectivity index (χ2n) is 7.95. The van der Waals surface area contributed by atoms with Gasteiger partial charge in [-0.25, -0.2) is 4.79 Å². The minimum Gasteiger partial charge on any atom is -0.434 e. The quantitative estimate of drug-likeness (QED) is 0.444. The normalized spacial score (nSPS) is 13.8. The molecule has 2 amide bonds. The number of anilines is 1. The SMILES string of the molecule is CCOC(=O)Oc1ccc(C(=O)Nc2ccc(CNC(=O)CC3CCCCC3)cc2)cc1. The lowest BCUT2D eigenvalue weighted by Crippen LogP contribution is -2.25. The average molecular weight is 439 g/mol. The zero-order valence-electron chi connectivity index (χ0n) is 18.4. The van der Waals surface area contributed by atoms with Crippen molar-refractivity contribution in [2.75, 3.05) is 11.9 Å². The average Bonchev–Trinajstić information content (AvgIpc) is 2.80. The van der Waals surface area contributed by atoms with Crippen LogP contribution in [0.4, 0.5) is 10.5 Å². The number of carbonyl (C=O) groups excluding carboxylic acids is 3. The maximum absolute atomic E-state index is 12.4. The Labute approximate surface area is 188 Å². The molecule has 0 atom stereocenters. The lowest BCUT2D eigenvalue weighted by Gasteiger charge is -2.20. The largest absolute Gasteiger partial charge is 0.513 e. The number of carbonyl (C=O) groups is 3. The Kier molecular flexibility index (Phi) is 8.66. The van der Waals surface area contributed by atoms with Crippen LogP contribution in [0.1, 0.15) is 61.4 Å². The van der Waals surface area contributed by atoms with Crippen LogP contribution in [0.5, 0.6) is 5.75 Å². The fourth-order valence-corrected chi connectivity index (χ4v) is 3.75. The Morgan fingerprint density at radius 3 is 2.28 bits per heavy atom. The van der Waals surface area contributed by atoms with E-state index >= 15 is 0 Å². The van der Waals surface area contributed by atoms with Crippen molar-refractivity contribution in [2.24, 2.45) is 5.92 Å². The molecule has 0 aliphatic heterocycles. The maximum Gasteiger partial charge on any atom is 0.513 e. The monoisotopic (exact) mass is 438 g/mol. The van der Waals surface area contributed by atoms with Gasteiger partial charge in [0.25, 0.3) is 5.91 Å². The number of benzene rings is 2. The Bertz CT molecular complexity index is 903. The summed E-state index contributed by atoms with van der Waals surface area (Å²) in [5.41, 5.74) is 2.06. The molecule has 0 aromatic heterocycles. The van der Waals surface area contributed by atoms with Crippen molar-refractivity contribution in [3.8, 4) is 5.75 Å². The molecule has 2 N–H and O–H groups in total. The molecule has 0 bridgehead atoms. The van der Waals surface area contributed by atoms with E-state index in [0.717, 1.165) is 18.4 Å². The lowest BCUT2D eigenvalue weighted by atomic mass is 9.87. The third-order valence-corrected chi connectivity index (χ3v) is 5.48. The van der Waals surface area contributed by atoms with Gasteiger partial charge in [0.1, 0.15) is 5.75 Å². The van der Waals surface area contributed by atoms with Gasteiger partial charge in [-0.2, -0.15) is 0 Å². The van der Waals surface area contributed by atoms with E-state index in [1.807, 2.05) is 12.1 Å². The highest BCUT2D eigenvalue weighted by molar-refractivity contribution is 6.04. The highest BCUT2D eigenvalue weighted by atomic mass is 16.7. The standard InChI is InChI=1S/C25H30N2O5/c1-2-31-25(30)32-22-14-10-20(11-15-22)24(29)27-21-12-8-19(9-13-21)17-26-23(28)16-18-6-4-3-5-7-18/h8-15,18H,2-7,16-17H2,1H3,(H,26,28)(H,27,29). The Morgan fingerprint density at radius 1 is 0.938 bits per heavy atom. The first-order chi connectivity index (χ1) is 15.5. The number of nitrogens with one attached hydrogen (secondary N) is 2. The molecule has 0 spiro atoms. The minimum absolute atomic E-state index is 0.102. The molecule has 7 nitrogen and oxygen atoms in total. The van der Waals surface area contributed by atoms with Crippen molar-refractivity contribution < 1.29 is 23.9 Å². The van der Waals surface area contributed by atoms with E-state index in [4.69, 9.17) is 9.47 Å². The second-order valence-corrected chi connectivity index (χ2v) is 7.95. The van der Waals surface area contributed by atoms with Gasteiger partial charge in [0.2, 0.25) is 5.91 Å². The van der Waals surface area contributed by atoms with Crippen molar-refractivity contribution >= 4 is 23.7 Å². The molecule has 3 rings (SSSR count). The van der Waals surface area contributed by atoms with Gasteiger partial charge in [-0.05, 0) is 67.6 Å². The van der Waals surface area contributed by atoms with Crippen LogP contribution in [-0.4, -0.2) is 24.6 Å². The summed E-state index contributed by atoms with van der Waals surface area (Å²) in [7, 11) is 0. The van der Waals surface area contributed by atoms with Crippen LogP contribution in [0.15, 0.2) is 48.5 Å². The zero-order valence-corrected chi connectivity index (χ0v) is 18.4. The molecule has 0 radical (unpaired) electrons. The van der Waals surface area contributed by atoms with Gasteiger partial charge in [0, 0.05) is 24.2 Å². The van der Waals surface area contributed by atoms with Crippen LogP contribution in [-0.2, 0) is 16.1 Å². The van der Waals surface area contributed by atoms with Crippen LogP contribution in [0.2, 0.25) is 0 Å². The van der Waals surface area contributed by atoms with Crippen molar-refractivity contribution in [1.82, 2.24) is 5.32 Å². The molecule has 1 aliphatic rings. The molecule has 32 heavy (non-hydrogen) atoms. The first-order valence-corrected chi connectivity index (χ1v) is 11.1. The number of ether oxygens (including phenoxy) is 2. The van der Waals surface area contributed by atoms with E-state index in [1.165, 1.54) is 31.4 Å². The Morgan fingerprint density at radius 2 is 1.62 bits per heavy atom. The third-order valence-electron chi connectivity index (χ3n) is 5.48. The van der Waals surface area contributed by atoms with Gasteiger partial charge in [0.15, 0.2) is 0 Å². The molecule has 1 aliphatic carbocycles. The molecular formula is C25H30N2O5. The van der Waals surface area contributed by atoms with Gasteiger partial charge in [0.05, 0.1) is 6.61 Å². The van der Waals surface area contributed by atoms with Crippen LogP contribution in [0, 0.1) is 5.92 Å². The smallest absolute Gasteiger partial charge is 0.434 e. The Balaban J connectivity index is 1.44. The van der Waals surface area contributed by atoms with Gasteiger partial charge in [-0.3, -0.25) is 9.59 Å². The molecule has 1 saturated carbocycles. The fraction of sp³-hybridized carbons (Fsp3) is 0.400. The Hall–Kier alpha value is -3.35. The van der Waals surface area contributed by atoms with Crippen LogP contribution < -0.4 is 15.4 Å². The number of hydrogen-bond donors (Lipinski definition) is 2. The summed E-state index contributed by atoms with van der Waals surface area (Å²) in [5.74, 6) is 0.646. The van der Waals surface area contributed by atoms with Gasteiger partial charge >= 0.3 is 6.16 Å². The molecule has 1 fully saturated rings.